The number of rotatable bonds is 2. The van der Waals surface area contributed by atoms with Crippen LogP contribution in [0.3, 0.4) is 0 Å². The first-order valence-corrected chi connectivity index (χ1v) is 5.17. The van der Waals surface area contributed by atoms with Crippen molar-refractivity contribution in [2.45, 2.75) is 13.5 Å². The van der Waals surface area contributed by atoms with Crippen LogP contribution in [0, 0.1) is 6.92 Å². The molecule has 0 unspecified atom stereocenters. The second-order valence-electron chi connectivity index (χ2n) is 3.66. The lowest BCUT2D eigenvalue weighted by Crippen LogP contribution is -1.99. The molecule has 0 aliphatic heterocycles. The summed E-state index contributed by atoms with van der Waals surface area (Å²) in [4.78, 5) is 0. The van der Waals surface area contributed by atoms with E-state index in [0.29, 0.717) is 6.54 Å². The second kappa shape index (κ2) is 5.69. The lowest BCUT2D eigenvalue weighted by molar-refractivity contribution is 1.05. The fourth-order valence-electron chi connectivity index (χ4n) is 1.84. The summed E-state index contributed by atoms with van der Waals surface area (Å²) in [6.07, 6.45) is 0. The second-order valence-corrected chi connectivity index (χ2v) is 3.66. The van der Waals surface area contributed by atoms with E-state index in [9.17, 15) is 0 Å². The van der Waals surface area contributed by atoms with Crippen molar-refractivity contribution in [2.24, 2.45) is 5.73 Å². The molecule has 2 N–H and O–H groups in total. The third-order valence-electron chi connectivity index (χ3n) is 2.75. The lowest BCUT2D eigenvalue weighted by atomic mass is 9.97. The molecule has 84 valence electrons. The summed E-state index contributed by atoms with van der Waals surface area (Å²) < 4.78 is 0. The largest absolute Gasteiger partial charge is 0.326 e. The molecule has 0 spiro atoms. The van der Waals surface area contributed by atoms with Crippen LogP contribution < -0.4 is 5.73 Å². The van der Waals surface area contributed by atoms with Crippen LogP contribution in [-0.2, 0) is 6.54 Å². The standard InChI is InChI=1S/C14H15N.ClH/c1-11-13(10-15)8-5-9-14(11)12-6-3-2-4-7-12;/h2-9H,10,15H2,1H3;1H. The molecule has 0 saturated heterocycles. The van der Waals surface area contributed by atoms with E-state index in [1.807, 2.05) is 6.07 Å². The highest BCUT2D eigenvalue weighted by Crippen LogP contribution is 2.24. The third-order valence-corrected chi connectivity index (χ3v) is 2.75. The average molecular weight is 234 g/mol. The van der Waals surface area contributed by atoms with Crippen LogP contribution in [0.1, 0.15) is 11.1 Å². The van der Waals surface area contributed by atoms with Crippen LogP contribution in [0.5, 0.6) is 0 Å². The Morgan fingerprint density at radius 2 is 1.62 bits per heavy atom. The predicted molar refractivity (Wildman–Crippen MR) is 71.8 cm³/mol. The minimum Gasteiger partial charge on any atom is -0.326 e. The van der Waals surface area contributed by atoms with Crippen molar-refractivity contribution in [1.82, 2.24) is 0 Å². The van der Waals surface area contributed by atoms with E-state index in [1.54, 1.807) is 0 Å². The summed E-state index contributed by atoms with van der Waals surface area (Å²) in [7, 11) is 0. The van der Waals surface area contributed by atoms with Crippen LogP contribution in [0.2, 0.25) is 0 Å². The summed E-state index contributed by atoms with van der Waals surface area (Å²) in [5.74, 6) is 0. The van der Waals surface area contributed by atoms with Crippen molar-refractivity contribution in [2.75, 3.05) is 0 Å². The zero-order valence-corrected chi connectivity index (χ0v) is 10.1. The molecule has 0 amide bonds. The molecule has 0 fully saturated rings. The Balaban J connectivity index is 0.00000128. The first-order chi connectivity index (χ1) is 7.33. The quantitative estimate of drug-likeness (QED) is 0.844. The summed E-state index contributed by atoms with van der Waals surface area (Å²) in [5.41, 5.74) is 10.7. The lowest BCUT2D eigenvalue weighted by Gasteiger charge is -2.09. The van der Waals surface area contributed by atoms with Gasteiger partial charge in [0.1, 0.15) is 0 Å². The highest BCUT2D eigenvalue weighted by Gasteiger charge is 2.03. The smallest absolute Gasteiger partial charge is 0.0180 e. The molecule has 0 atom stereocenters. The molecule has 16 heavy (non-hydrogen) atoms. The van der Waals surface area contributed by atoms with E-state index in [0.717, 1.165) is 0 Å². The Morgan fingerprint density at radius 3 is 2.25 bits per heavy atom. The first-order valence-electron chi connectivity index (χ1n) is 5.17. The maximum atomic E-state index is 5.70. The summed E-state index contributed by atoms with van der Waals surface area (Å²) >= 11 is 0. The molecule has 1 nitrogen and oxygen atoms in total. The van der Waals surface area contributed by atoms with E-state index < -0.39 is 0 Å². The maximum absolute atomic E-state index is 5.70. The van der Waals surface area contributed by atoms with Gasteiger partial charge in [-0.15, -0.1) is 12.4 Å². The molecular formula is C14H16ClN. The number of nitrogens with two attached hydrogens (primary N) is 1. The Kier molecular flexibility index (Phi) is 4.53. The summed E-state index contributed by atoms with van der Waals surface area (Å²) in [5, 5.41) is 0. The van der Waals surface area contributed by atoms with Gasteiger partial charge in [0, 0.05) is 6.54 Å². The fourth-order valence-corrected chi connectivity index (χ4v) is 1.84. The molecule has 0 aliphatic rings. The van der Waals surface area contributed by atoms with E-state index in [-0.39, 0.29) is 12.4 Å². The van der Waals surface area contributed by atoms with E-state index in [1.165, 1.54) is 22.3 Å². The van der Waals surface area contributed by atoms with Crippen molar-refractivity contribution in [3.8, 4) is 11.1 Å². The topological polar surface area (TPSA) is 26.0 Å². The van der Waals surface area contributed by atoms with E-state index in [4.69, 9.17) is 5.73 Å². The zero-order valence-electron chi connectivity index (χ0n) is 9.31. The van der Waals surface area contributed by atoms with Gasteiger partial charge in [-0.3, -0.25) is 0 Å². The molecule has 0 radical (unpaired) electrons. The van der Waals surface area contributed by atoms with Gasteiger partial charge in [0.15, 0.2) is 0 Å². The molecule has 0 saturated carbocycles. The zero-order chi connectivity index (χ0) is 10.7. The van der Waals surface area contributed by atoms with Gasteiger partial charge in [-0.05, 0) is 29.2 Å². The van der Waals surface area contributed by atoms with E-state index >= 15 is 0 Å². The average Bonchev–Trinajstić information content (AvgIpc) is 2.30. The van der Waals surface area contributed by atoms with Gasteiger partial charge in [-0.1, -0.05) is 48.5 Å². The molecule has 0 aromatic heterocycles. The molecule has 0 aliphatic carbocycles. The molecule has 2 rings (SSSR count). The fraction of sp³-hybridized carbons (Fsp3) is 0.143. The monoisotopic (exact) mass is 233 g/mol. The number of hydrogen-bond donors (Lipinski definition) is 1. The van der Waals surface area contributed by atoms with Gasteiger partial charge >= 0.3 is 0 Å². The van der Waals surface area contributed by atoms with Gasteiger partial charge in [0.25, 0.3) is 0 Å². The number of benzene rings is 2. The number of halogens is 1. The van der Waals surface area contributed by atoms with Gasteiger partial charge < -0.3 is 5.73 Å². The van der Waals surface area contributed by atoms with Crippen LogP contribution >= 0.6 is 12.4 Å². The summed E-state index contributed by atoms with van der Waals surface area (Å²) in [6.45, 7) is 2.73. The van der Waals surface area contributed by atoms with Gasteiger partial charge in [-0.25, -0.2) is 0 Å². The molecule has 0 heterocycles. The Hall–Kier alpha value is -1.31. The minimum atomic E-state index is 0. The minimum absolute atomic E-state index is 0. The predicted octanol–water partition coefficient (Wildman–Crippen LogP) is 3.54. The van der Waals surface area contributed by atoms with Crippen molar-refractivity contribution in [3.05, 3.63) is 59.7 Å². The highest BCUT2D eigenvalue weighted by atomic mass is 35.5. The Labute approximate surface area is 103 Å². The summed E-state index contributed by atoms with van der Waals surface area (Å²) in [6, 6.07) is 16.7. The van der Waals surface area contributed by atoms with Crippen LogP contribution in [0.15, 0.2) is 48.5 Å². The van der Waals surface area contributed by atoms with Crippen LogP contribution in [-0.4, -0.2) is 0 Å². The molecule has 2 aromatic carbocycles. The Bertz CT molecular complexity index is 452. The molecule has 0 bridgehead atoms. The van der Waals surface area contributed by atoms with Crippen LogP contribution in [0.4, 0.5) is 0 Å². The molecular weight excluding hydrogens is 218 g/mol. The van der Waals surface area contributed by atoms with Gasteiger partial charge in [0.05, 0.1) is 0 Å². The van der Waals surface area contributed by atoms with Crippen molar-refractivity contribution in [3.63, 3.8) is 0 Å². The van der Waals surface area contributed by atoms with Crippen LogP contribution in [0.25, 0.3) is 11.1 Å². The van der Waals surface area contributed by atoms with Gasteiger partial charge in [-0.2, -0.15) is 0 Å². The first kappa shape index (κ1) is 12.8. The Morgan fingerprint density at radius 1 is 0.938 bits per heavy atom. The third kappa shape index (κ3) is 2.43. The SMILES string of the molecule is Cc1c(CN)cccc1-c1ccccc1.Cl. The van der Waals surface area contributed by atoms with Crippen molar-refractivity contribution < 1.29 is 0 Å². The number of hydrogen-bond acceptors (Lipinski definition) is 1. The highest BCUT2D eigenvalue weighted by molar-refractivity contribution is 5.85. The van der Waals surface area contributed by atoms with Crippen molar-refractivity contribution in [1.29, 1.82) is 0 Å². The molecule has 2 aromatic rings. The normalized spacial score (nSPS) is 9.62. The van der Waals surface area contributed by atoms with Gasteiger partial charge in [0.2, 0.25) is 0 Å². The van der Waals surface area contributed by atoms with Crippen molar-refractivity contribution >= 4 is 12.4 Å². The molecule has 2 heteroatoms. The maximum Gasteiger partial charge on any atom is 0.0180 e. The van der Waals surface area contributed by atoms with E-state index in [2.05, 4.69) is 49.4 Å².